The van der Waals surface area contributed by atoms with E-state index in [1.165, 1.54) is 0 Å². The van der Waals surface area contributed by atoms with E-state index in [2.05, 4.69) is 17.8 Å². The minimum absolute atomic E-state index is 0.376. The van der Waals surface area contributed by atoms with Crippen LogP contribution in [0.3, 0.4) is 0 Å². The van der Waals surface area contributed by atoms with Crippen LogP contribution < -0.4 is 15.6 Å². The largest absolute Gasteiger partial charge is 0.494 e. The van der Waals surface area contributed by atoms with E-state index in [0.29, 0.717) is 17.7 Å². The van der Waals surface area contributed by atoms with E-state index in [9.17, 15) is 9.59 Å². The van der Waals surface area contributed by atoms with Crippen LogP contribution in [-0.2, 0) is 0 Å². The SMILES string of the molecule is CCCCCOc1ccc(C(=O)NNC(=O)c2ccc(-c3ccccc3)cc2)cc1. The molecule has 0 aromatic heterocycles. The Hall–Kier alpha value is -3.60. The maximum Gasteiger partial charge on any atom is 0.269 e. The molecule has 0 radical (unpaired) electrons. The van der Waals surface area contributed by atoms with Crippen LogP contribution in [0, 0.1) is 0 Å². The molecule has 3 rings (SSSR count). The van der Waals surface area contributed by atoms with Crippen molar-refractivity contribution in [2.75, 3.05) is 6.61 Å². The second-order valence-electron chi connectivity index (χ2n) is 6.93. The number of ether oxygens (including phenoxy) is 1. The van der Waals surface area contributed by atoms with Crippen LogP contribution in [0.4, 0.5) is 0 Å². The van der Waals surface area contributed by atoms with Crippen molar-refractivity contribution >= 4 is 11.8 Å². The molecule has 0 fully saturated rings. The van der Waals surface area contributed by atoms with Gasteiger partial charge in [0.25, 0.3) is 11.8 Å². The Morgan fingerprint density at radius 3 is 1.80 bits per heavy atom. The molecule has 3 aromatic carbocycles. The average molecular weight is 402 g/mol. The van der Waals surface area contributed by atoms with Gasteiger partial charge in [-0.25, -0.2) is 0 Å². The third-order valence-corrected chi connectivity index (χ3v) is 4.68. The first kappa shape index (κ1) is 21.1. The highest BCUT2D eigenvalue weighted by Crippen LogP contribution is 2.19. The fourth-order valence-electron chi connectivity index (χ4n) is 2.95. The molecule has 0 aliphatic heterocycles. The van der Waals surface area contributed by atoms with Crippen LogP contribution in [0.25, 0.3) is 11.1 Å². The van der Waals surface area contributed by atoms with Crippen LogP contribution >= 0.6 is 0 Å². The fraction of sp³-hybridized carbons (Fsp3) is 0.200. The summed E-state index contributed by atoms with van der Waals surface area (Å²) in [6.07, 6.45) is 3.29. The summed E-state index contributed by atoms with van der Waals surface area (Å²) in [5.74, 6) is -0.0363. The zero-order valence-electron chi connectivity index (χ0n) is 17.1. The molecule has 5 nitrogen and oxygen atoms in total. The number of hydrazine groups is 1. The number of benzene rings is 3. The molecule has 3 aromatic rings. The summed E-state index contributed by atoms with van der Waals surface area (Å²) < 4.78 is 5.64. The van der Waals surface area contributed by atoms with Crippen LogP contribution in [0.1, 0.15) is 46.9 Å². The molecular formula is C25H26N2O3. The lowest BCUT2D eigenvalue weighted by Crippen LogP contribution is -2.41. The minimum Gasteiger partial charge on any atom is -0.494 e. The topological polar surface area (TPSA) is 67.4 Å². The molecule has 0 saturated carbocycles. The van der Waals surface area contributed by atoms with Gasteiger partial charge in [-0.3, -0.25) is 20.4 Å². The Bertz CT molecular complexity index is 952. The normalized spacial score (nSPS) is 10.3. The molecule has 0 heterocycles. The highest BCUT2D eigenvalue weighted by Gasteiger charge is 2.10. The van der Waals surface area contributed by atoms with E-state index < -0.39 is 0 Å². The molecule has 154 valence electrons. The standard InChI is InChI=1S/C25H26N2O3/c1-2-3-7-18-30-23-16-14-22(15-17-23)25(29)27-26-24(28)21-12-10-20(11-13-21)19-8-5-4-6-9-19/h4-6,8-17H,2-3,7,18H2,1H3,(H,26,28)(H,27,29). The summed E-state index contributed by atoms with van der Waals surface area (Å²) in [6.45, 7) is 2.81. The number of amides is 2. The van der Waals surface area contributed by atoms with E-state index in [-0.39, 0.29) is 11.8 Å². The van der Waals surface area contributed by atoms with Crippen molar-refractivity contribution in [3.8, 4) is 16.9 Å². The highest BCUT2D eigenvalue weighted by atomic mass is 16.5. The molecule has 0 aliphatic rings. The number of unbranched alkanes of at least 4 members (excludes halogenated alkanes) is 2. The van der Waals surface area contributed by atoms with Crippen LogP contribution in [0.5, 0.6) is 5.75 Å². The maximum absolute atomic E-state index is 12.3. The molecule has 0 unspecified atom stereocenters. The molecule has 2 amide bonds. The van der Waals surface area contributed by atoms with Gasteiger partial charge in [-0.15, -0.1) is 0 Å². The van der Waals surface area contributed by atoms with Crippen molar-refractivity contribution in [2.45, 2.75) is 26.2 Å². The van der Waals surface area contributed by atoms with E-state index in [1.54, 1.807) is 36.4 Å². The summed E-state index contributed by atoms with van der Waals surface area (Å²) in [4.78, 5) is 24.6. The quantitative estimate of drug-likeness (QED) is 0.412. The number of nitrogens with one attached hydrogen (secondary N) is 2. The van der Waals surface area contributed by atoms with Gasteiger partial charge in [-0.1, -0.05) is 62.2 Å². The van der Waals surface area contributed by atoms with Crippen molar-refractivity contribution in [2.24, 2.45) is 0 Å². The summed E-state index contributed by atoms with van der Waals surface area (Å²) in [5.41, 5.74) is 7.90. The van der Waals surface area contributed by atoms with Gasteiger partial charge < -0.3 is 4.74 Å². The average Bonchev–Trinajstić information content (AvgIpc) is 2.81. The first-order valence-electron chi connectivity index (χ1n) is 10.2. The number of carbonyl (C=O) groups is 2. The molecule has 0 aliphatic carbocycles. The van der Waals surface area contributed by atoms with E-state index >= 15 is 0 Å². The maximum atomic E-state index is 12.3. The second kappa shape index (κ2) is 10.8. The van der Waals surface area contributed by atoms with Gasteiger partial charge in [0.2, 0.25) is 0 Å². The zero-order chi connectivity index (χ0) is 21.2. The second-order valence-corrected chi connectivity index (χ2v) is 6.93. The van der Waals surface area contributed by atoms with E-state index in [4.69, 9.17) is 4.74 Å². The Morgan fingerprint density at radius 2 is 1.23 bits per heavy atom. The van der Waals surface area contributed by atoms with E-state index in [0.717, 1.165) is 36.1 Å². The number of carbonyl (C=O) groups excluding carboxylic acids is 2. The molecule has 0 spiro atoms. The third-order valence-electron chi connectivity index (χ3n) is 4.68. The molecule has 0 saturated heterocycles. The van der Waals surface area contributed by atoms with Gasteiger partial charge in [-0.2, -0.15) is 0 Å². The zero-order valence-corrected chi connectivity index (χ0v) is 17.1. The van der Waals surface area contributed by atoms with Crippen molar-refractivity contribution in [1.82, 2.24) is 10.9 Å². The molecule has 2 N–H and O–H groups in total. The first-order chi connectivity index (χ1) is 14.7. The monoisotopic (exact) mass is 402 g/mol. The molecule has 30 heavy (non-hydrogen) atoms. The minimum atomic E-state index is -0.387. The first-order valence-corrected chi connectivity index (χ1v) is 10.2. The van der Waals surface area contributed by atoms with Gasteiger partial charge in [0.1, 0.15) is 5.75 Å². The highest BCUT2D eigenvalue weighted by molar-refractivity contribution is 5.99. The van der Waals surface area contributed by atoms with Crippen molar-refractivity contribution in [3.05, 3.63) is 90.0 Å². The van der Waals surface area contributed by atoms with Crippen molar-refractivity contribution in [3.63, 3.8) is 0 Å². The van der Waals surface area contributed by atoms with Gasteiger partial charge in [0.15, 0.2) is 0 Å². The summed E-state index contributed by atoms with van der Waals surface area (Å²) in [5, 5.41) is 0. The van der Waals surface area contributed by atoms with Gasteiger partial charge in [-0.05, 0) is 53.9 Å². The van der Waals surface area contributed by atoms with E-state index in [1.807, 2.05) is 42.5 Å². The molecule has 0 atom stereocenters. The molecular weight excluding hydrogens is 376 g/mol. The fourth-order valence-corrected chi connectivity index (χ4v) is 2.95. The van der Waals surface area contributed by atoms with Crippen LogP contribution in [0.15, 0.2) is 78.9 Å². The summed E-state index contributed by atoms with van der Waals surface area (Å²) in [6, 6.07) is 24.0. The predicted molar refractivity (Wildman–Crippen MR) is 118 cm³/mol. The lowest BCUT2D eigenvalue weighted by atomic mass is 10.0. The smallest absolute Gasteiger partial charge is 0.269 e. The summed E-state index contributed by atoms with van der Waals surface area (Å²) in [7, 11) is 0. The Labute approximate surface area is 177 Å². The third kappa shape index (κ3) is 5.95. The van der Waals surface area contributed by atoms with Gasteiger partial charge >= 0.3 is 0 Å². The number of hydrogen-bond donors (Lipinski definition) is 2. The number of rotatable bonds is 8. The Balaban J connectivity index is 1.50. The predicted octanol–water partition coefficient (Wildman–Crippen LogP) is 5.00. The van der Waals surface area contributed by atoms with Gasteiger partial charge in [0.05, 0.1) is 6.61 Å². The number of hydrogen-bond acceptors (Lipinski definition) is 3. The van der Waals surface area contributed by atoms with Crippen LogP contribution in [0.2, 0.25) is 0 Å². The lowest BCUT2D eigenvalue weighted by Gasteiger charge is -2.09. The van der Waals surface area contributed by atoms with Crippen LogP contribution in [-0.4, -0.2) is 18.4 Å². The molecule has 0 bridgehead atoms. The summed E-state index contributed by atoms with van der Waals surface area (Å²) >= 11 is 0. The van der Waals surface area contributed by atoms with Crippen molar-refractivity contribution < 1.29 is 14.3 Å². The Morgan fingerprint density at radius 1 is 0.700 bits per heavy atom. The van der Waals surface area contributed by atoms with Gasteiger partial charge in [0, 0.05) is 11.1 Å². The molecule has 5 heteroatoms. The van der Waals surface area contributed by atoms with Crippen molar-refractivity contribution in [1.29, 1.82) is 0 Å². The Kier molecular flexibility index (Phi) is 7.61. The lowest BCUT2D eigenvalue weighted by molar-refractivity contribution is 0.0846.